The van der Waals surface area contributed by atoms with Crippen LogP contribution < -0.4 is 14.9 Å². The summed E-state index contributed by atoms with van der Waals surface area (Å²) < 4.78 is 22.7. The van der Waals surface area contributed by atoms with Crippen LogP contribution in [0.25, 0.3) is 0 Å². The lowest BCUT2D eigenvalue weighted by atomic mass is 9.79. The van der Waals surface area contributed by atoms with Gasteiger partial charge in [-0.1, -0.05) is 0 Å². The SMILES string of the molecule is CC1(C)OB(c2ccnc3c2OCO3)OC1(C)C. The minimum absolute atomic E-state index is 0.193. The molecule has 1 aromatic heterocycles. The highest BCUT2D eigenvalue weighted by Gasteiger charge is 2.53. The normalized spacial score (nSPS) is 23.4. The van der Waals surface area contributed by atoms with E-state index in [1.54, 1.807) is 6.20 Å². The van der Waals surface area contributed by atoms with Gasteiger partial charge in [0.05, 0.1) is 11.2 Å². The summed E-state index contributed by atoms with van der Waals surface area (Å²) in [5.74, 6) is 1.12. The molecule has 0 radical (unpaired) electrons. The first-order valence-corrected chi connectivity index (χ1v) is 6.01. The van der Waals surface area contributed by atoms with E-state index in [9.17, 15) is 0 Å². The summed E-state index contributed by atoms with van der Waals surface area (Å²) >= 11 is 0. The van der Waals surface area contributed by atoms with E-state index in [1.165, 1.54) is 0 Å². The van der Waals surface area contributed by atoms with Gasteiger partial charge in [0.25, 0.3) is 5.88 Å². The summed E-state index contributed by atoms with van der Waals surface area (Å²) in [6, 6.07) is 1.84. The smallest absolute Gasteiger partial charge is 0.452 e. The molecule has 6 heteroatoms. The zero-order valence-corrected chi connectivity index (χ0v) is 11.0. The molecule has 0 atom stereocenters. The fraction of sp³-hybridized carbons (Fsp3) is 0.583. The van der Waals surface area contributed by atoms with E-state index in [1.807, 2.05) is 33.8 Å². The quantitative estimate of drug-likeness (QED) is 0.698. The molecule has 0 unspecified atom stereocenters. The summed E-state index contributed by atoms with van der Waals surface area (Å²) in [6.07, 6.45) is 1.67. The molecule has 18 heavy (non-hydrogen) atoms. The molecule has 0 spiro atoms. The number of hydrogen-bond acceptors (Lipinski definition) is 5. The summed E-state index contributed by atoms with van der Waals surface area (Å²) in [5.41, 5.74) is 0.0942. The Labute approximate surface area is 107 Å². The zero-order chi connectivity index (χ0) is 13.0. The van der Waals surface area contributed by atoms with Crippen molar-refractivity contribution in [1.82, 2.24) is 4.98 Å². The lowest BCUT2D eigenvalue weighted by molar-refractivity contribution is 0.00578. The monoisotopic (exact) mass is 249 g/mol. The van der Waals surface area contributed by atoms with Crippen molar-refractivity contribution in [2.45, 2.75) is 38.9 Å². The summed E-state index contributed by atoms with van der Waals surface area (Å²) in [5, 5.41) is 0. The third-order valence-corrected chi connectivity index (χ3v) is 3.81. The second-order valence-electron chi connectivity index (χ2n) is 5.53. The third kappa shape index (κ3) is 1.60. The molecular formula is C12H16BNO4. The molecule has 0 N–H and O–H groups in total. The van der Waals surface area contributed by atoms with E-state index in [-0.39, 0.29) is 18.0 Å². The van der Waals surface area contributed by atoms with Gasteiger partial charge < -0.3 is 18.8 Å². The molecule has 0 aliphatic carbocycles. The maximum Gasteiger partial charge on any atom is 0.498 e. The highest BCUT2D eigenvalue weighted by molar-refractivity contribution is 6.63. The van der Waals surface area contributed by atoms with Crippen LogP contribution in [0.3, 0.4) is 0 Å². The predicted octanol–water partition coefficient (Wildman–Crippen LogP) is 1.11. The van der Waals surface area contributed by atoms with Crippen molar-refractivity contribution in [3.05, 3.63) is 12.3 Å². The second kappa shape index (κ2) is 3.62. The molecule has 0 amide bonds. The molecule has 0 saturated carbocycles. The van der Waals surface area contributed by atoms with Crippen LogP contribution in [0.5, 0.6) is 11.6 Å². The van der Waals surface area contributed by atoms with Crippen LogP contribution in [0.15, 0.2) is 12.3 Å². The second-order valence-corrected chi connectivity index (χ2v) is 5.53. The van der Waals surface area contributed by atoms with Crippen molar-refractivity contribution in [2.24, 2.45) is 0 Å². The topological polar surface area (TPSA) is 49.8 Å². The fourth-order valence-corrected chi connectivity index (χ4v) is 1.99. The van der Waals surface area contributed by atoms with Gasteiger partial charge in [0.1, 0.15) is 0 Å². The van der Waals surface area contributed by atoms with Crippen LogP contribution in [0.1, 0.15) is 27.7 Å². The zero-order valence-electron chi connectivity index (χ0n) is 11.0. The first-order valence-electron chi connectivity index (χ1n) is 6.01. The van der Waals surface area contributed by atoms with Crippen molar-refractivity contribution in [3.8, 4) is 11.6 Å². The third-order valence-electron chi connectivity index (χ3n) is 3.81. The van der Waals surface area contributed by atoms with Gasteiger partial charge in [-0.05, 0) is 33.8 Å². The van der Waals surface area contributed by atoms with Crippen LogP contribution in [-0.2, 0) is 9.31 Å². The molecule has 3 rings (SSSR count). The Balaban J connectivity index is 1.97. The summed E-state index contributed by atoms with van der Waals surface area (Å²) in [4.78, 5) is 4.11. The van der Waals surface area contributed by atoms with Gasteiger partial charge >= 0.3 is 7.12 Å². The van der Waals surface area contributed by atoms with Crippen LogP contribution in [-0.4, -0.2) is 30.1 Å². The average molecular weight is 249 g/mol. The maximum absolute atomic E-state index is 5.99. The minimum atomic E-state index is -0.451. The van der Waals surface area contributed by atoms with Crippen molar-refractivity contribution >= 4 is 12.6 Å². The standard InChI is InChI=1S/C12H16BNO4/c1-11(2)12(3,4)18-13(17-11)8-5-6-14-10-9(8)15-7-16-10/h5-6H,7H2,1-4H3. The maximum atomic E-state index is 5.99. The molecule has 2 aliphatic heterocycles. The molecule has 1 fully saturated rings. The van der Waals surface area contributed by atoms with E-state index in [0.29, 0.717) is 11.6 Å². The lowest BCUT2D eigenvalue weighted by Crippen LogP contribution is -2.41. The number of fused-ring (bicyclic) bond motifs is 1. The molecule has 0 bridgehead atoms. The fourth-order valence-electron chi connectivity index (χ4n) is 1.99. The Morgan fingerprint density at radius 2 is 1.78 bits per heavy atom. The molecule has 1 saturated heterocycles. The Morgan fingerprint density at radius 3 is 2.44 bits per heavy atom. The molecule has 1 aromatic rings. The van der Waals surface area contributed by atoms with Crippen molar-refractivity contribution < 1.29 is 18.8 Å². The molecule has 2 aliphatic rings. The van der Waals surface area contributed by atoms with Gasteiger partial charge in [-0.2, -0.15) is 0 Å². The number of rotatable bonds is 1. The minimum Gasteiger partial charge on any atom is -0.452 e. The largest absolute Gasteiger partial charge is 0.498 e. The first-order chi connectivity index (χ1) is 8.41. The van der Waals surface area contributed by atoms with E-state index in [4.69, 9.17) is 18.8 Å². The number of pyridine rings is 1. The van der Waals surface area contributed by atoms with E-state index in [0.717, 1.165) is 5.46 Å². The van der Waals surface area contributed by atoms with Crippen molar-refractivity contribution in [3.63, 3.8) is 0 Å². The Hall–Kier alpha value is -1.27. The van der Waals surface area contributed by atoms with Gasteiger partial charge in [0.15, 0.2) is 5.75 Å². The highest BCUT2D eigenvalue weighted by atomic mass is 16.7. The van der Waals surface area contributed by atoms with Gasteiger partial charge in [-0.25, -0.2) is 4.98 Å². The van der Waals surface area contributed by atoms with E-state index in [2.05, 4.69) is 4.98 Å². The lowest BCUT2D eigenvalue weighted by Gasteiger charge is -2.32. The van der Waals surface area contributed by atoms with Crippen LogP contribution in [0.4, 0.5) is 0 Å². The predicted molar refractivity (Wildman–Crippen MR) is 66.1 cm³/mol. The number of hydrogen-bond donors (Lipinski definition) is 0. The number of aromatic nitrogens is 1. The van der Waals surface area contributed by atoms with Crippen LogP contribution in [0, 0.1) is 0 Å². The molecule has 3 heterocycles. The summed E-state index contributed by atoms with van der Waals surface area (Å²) in [6.45, 7) is 8.27. The first kappa shape index (κ1) is 11.8. The van der Waals surface area contributed by atoms with Gasteiger partial charge in [0, 0.05) is 11.7 Å². The molecular weight excluding hydrogens is 233 g/mol. The Morgan fingerprint density at radius 1 is 1.11 bits per heavy atom. The number of nitrogens with zero attached hydrogens (tertiary/aromatic N) is 1. The molecule has 0 aromatic carbocycles. The van der Waals surface area contributed by atoms with E-state index < -0.39 is 7.12 Å². The summed E-state index contributed by atoms with van der Waals surface area (Å²) in [7, 11) is -0.451. The molecule has 96 valence electrons. The number of ether oxygens (including phenoxy) is 2. The van der Waals surface area contributed by atoms with Gasteiger partial charge in [0.2, 0.25) is 6.79 Å². The Kier molecular flexibility index (Phi) is 2.37. The average Bonchev–Trinajstić information content (AvgIpc) is 2.81. The van der Waals surface area contributed by atoms with Gasteiger partial charge in [-0.15, -0.1) is 0 Å². The van der Waals surface area contributed by atoms with Gasteiger partial charge in [-0.3, -0.25) is 0 Å². The van der Waals surface area contributed by atoms with Crippen LogP contribution >= 0.6 is 0 Å². The molecule has 5 nitrogen and oxygen atoms in total. The van der Waals surface area contributed by atoms with Crippen molar-refractivity contribution in [1.29, 1.82) is 0 Å². The van der Waals surface area contributed by atoms with Crippen LogP contribution in [0.2, 0.25) is 0 Å². The van der Waals surface area contributed by atoms with Crippen molar-refractivity contribution in [2.75, 3.05) is 6.79 Å². The highest BCUT2D eigenvalue weighted by Crippen LogP contribution is 2.38. The van der Waals surface area contributed by atoms with E-state index >= 15 is 0 Å². The Bertz CT molecular complexity index is 473.